The van der Waals surface area contributed by atoms with Gasteiger partial charge in [0.2, 0.25) is 0 Å². The van der Waals surface area contributed by atoms with Gasteiger partial charge < -0.3 is 4.57 Å². The third-order valence-electron chi connectivity index (χ3n) is 5.94. The van der Waals surface area contributed by atoms with Crippen molar-refractivity contribution < 1.29 is 4.79 Å². The topological polar surface area (TPSA) is 58.7 Å². The number of nitriles is 1. The molecule has 0 atom stereocenters. The van der Waals surface area contributed by atoms with E-state index in [0.717, 1.165) is 53.7 Å². The molecule has 4 rings (SSSR count). The maximum absolute atomic E-state index is 13.0. The van der Waals surface area contributed by atoms with Crippen LogP contribution in [0.1, 0.15) is 59.9 Å². The van der Waals surface area contributed by atoms with E-state index < -0.39 is 0 Å². The van der Waals surface area contributed by atoms with E-state index in [1.165, 1.54) is 0 Å². The van der Waals surface area contributed by atoms with Crippen LogP contribution in [0.15, 0.2) is 42.5 Å². The Bertz CT molecular complexity index is 1050. The Hall–Kier alpha value is -2.93. The smallest absolute Gasteiger partial charge is 0.168 e. The standard InChI is InChI=1S/C23H23N3O/c1-23(11-3-4-12-23)22(27)18-9-10-20-19(14-18)25-21(26(20)2)13-16-5-7-17(15-24)8-6-16/h5-10,14H,3-4,11-13H2,1-2H3. The number of nitrogens with zero attached hydrogens (tertiary/aromatic N) is 3. The first-order valence-electron chi connectivity index (χ1n) is 9.49. The fourth-order valence-electron chi connectivity index (χ4n) is 4.16. The number of benzene rings is 2. The fraction of sp³-hybridized carbons (Fsp3) is 0.348. The van der Waals surface area contributed by atoms with Crippen LogP contribution in [0.2, 0.25) is 0 Å². The van der Waals surface area contributed by atoms with Crippen LogP contribution in [0.3, 0.4) is 0 Å². The average molecular weight is 357 g/mol. The van der Waals surface area contributed by atoms with Gasteiger partial charge in [-0.3, -0.25) is 4.79 Å². The van der Waals surface area contributed by atoms with Gasteiger partial charge in [-0.25, -0.2) is 4.98 Å². The molecule has 0 aliphatic heterocycles. The van der Waals surface area contributed by atoms with Crippen molar-refractivity contribution in [3.63, 3.8) is 0 Å². The SMILES string of the molecule is Cn1c(Cc2ccc(C#N)cc2)nc2cc(C(=O)C3(C)CCCC3)ccc21. The molecule has 1 aromatic heterocycles. The second-order valence-electron chi connectivity index (χ2n) is 7.87. The molecule has 3 aromatic rings. The summed E-state index contributed by atoms with van der Waals surface area (Å²) in [7, 11) is 2.01. The summed E-state index contributed by atoms with van der Waals surface area (Å²) in [5.41, 5.74) is 4.23. The van der Waals surface area contributed by atoms with Gasteiger partial charge in [-0.1, -0.05) is 31.9 Å². The molecule has 0 spiro atoms. The minimum Gasteiger partial charge on any atom is -0.331 e. The molecule has 1 aliphatic rings. The summed E-state index contributed by atoms with van der Waals surface area (Å²) in [4.78, 5) is 17.8. The number of aryl methyl sites for hydroxylation is 1. The second-order valence-corrected chi connectivity index (χ2v) is 7.87. The lowest BCUT2D eigenvalue weighted by Gasteiger charge is -2.21. The first-order valence-corrected chi connectivity index (χ1v) is 9.49. The summed E-state index contributed by atoms with van der Waals surface area (Å²) in [6.45, 7) is 2.10. The van der Waals surface area contributed by atoms with Crippen LogP contribution in [0.25, 0.3) is 11.0 Å². The van der Waals surface area contributed by atoms with Crippen molar-refractivity contribution in [2.45, 2.75) is 39.0 Å². The minimum atomic E-state index is -0.215. The summed E-state index contributed by atoms with van der Waals surface area (Å²) in [5, 5.41) is 8.93. The van der Waals surface area contributed by atoms with Crippen LogP contribution in [0.4, 0.5) is 0 Å². The van der Waals surface area contributed by atoms with Crippen molar-refractivity contribution in [1.29, 1.82) is 5.26 Å². The molecule has 1 fully saturated rings. The molecule has 1 aliphatic carbocycles. The molecule has 4 heteroatoms. The fourth-order valence-corrected chi connectivity index (χ4v) is 4.16. The molecule has 0 saturated heterocycles. The van der Waals surface area contributed by atoms with E-state index in [4.69, 9.17) is 10.2 Å². The summed E-state index contributed by atoms with van der Waals surface area (Å²) in [5.74, 6) is 1.20. The highest BCUT2D eigenvalue weighted by Gasteiger charge is 2.36. The van der Waals surface area contributed by atoms with Gasteiger partial charge in [0.15, 0.2) is 5.78 Å². The van der Waals surface area contributed by atoms with E-state index in [1.54, 1.807) is 0 Å². The molecule has 136 valence electrons. The van der Waals surface area contributed by atoms with Gasteiger partial charge in [0, 0.05) is 24.4 Å². The van der Waals surface area contributed by atoms with Crippen molar-refractivity contribution in [1.82, 2.24) is 9.55 Å². The predicted octanol–water partition coefficient (Wildman–Crippen LogP) is 4.80. The van der Waals surface area contributed by atoms with Gasteiger partial charge in [0.1, 0.15) is 5.82 Å². The zero-order valence-corrected chi connectivity index (χ0v) is 15.8. The highest BCUT2D eigenvalue weighted by molar-refractivity contribution is 6.02. The molecular formula is C23H23N3O. The number of aromatic nitrogens is 2. The third kappa shape index (κ3) is 3.14. The zero-order chi connectivity index (χ0) is 19.0. The van der Waals surface area contributed by atoms with Crippen molar-refractivity contribution in [3.05, 3.63) is 65.0 Å². The first kappa shape index (κ1) is 17.5. The van der Waals surface area contributed by atoms with E-state index in [2.05, 4.69) is 17.6 Å². The van der Waals surface area contributed by atoms with E-state index >= 15 is 0 Å². The van der Waals surface area contributed by atoms with E-state index in [1.807, 2.05) is 49.5 Å². The number of carbonyl (C=O) groups excluding carboxylic acids is 1. The summed E-state index contributed by atoms with van der Waals surface area (Å²) < 4.78 is 2.08. The average Bonchev–Trinajstić information content (AvgIpc) is 3.26. The molecule has 27 heavy (non-hydrogen) atoms. The molecule has 4 nitrogen and oxygen atoms in total. The lowest BCUT2D eigenvalue weighted by molar-refractivity contribution is 0.0823. The van der Waals surface area contributed by atoms with Gasteiger partial charge in [0.25, 0.3) is 0 Å². The highest BCUT2D eigenvalue weighted by Crippen LogP contribution is 2.40. The van der Waals surface area contributed by atoms with E-state index in [0.29, 0.717) is 12.0 Å². The Kier molecular flexibility index (Phi) is 4.31. The third-order valence-corrected chi connectivity index (χ3v) is 5.94. The number of Topliss-reactive ketones (excluding diaryl/α,β-unsaturated/α-hetero) is 1. The molecule has 0 bridgehead atoms. The summed E-state index contributed by atoms with van der Waals surface area (Å²) >= 11 is 0. The van der Waals surface area contributed by atoms with Crippen LogP contribution in [0.5, 0.6) is 0 Å². The molecule has 1 saturated carbocycles. The van der Waals surface area contributed by atoms with E-state index in [-0.39, 0.29) is 11.2 Å². The van der Waals surface area contributed by atoms with Gasteiger partial charge >= 0.3 is 0 Å². The van der Waals surface area contributed by atoms with Gasteiger partial charge in [0.05, 0.1) is 22.7 Å². The largest absolute Gasteiger partial charge is 0.331 e. The van der Waals surface area contributed by atoms with E-state index in [9.17, 15) is 4.79 Å². The first-order chi connectivity index (χ1) is 13.0. The van der Waals surface area contributed by atoms with Crippen molar-refractivity contribution >= 4 is 16.8 Å². The molecule has 1 heterocycles. The number of fused-ring (bicyclic) bond motifs is 1. The molecular weight excluding hydrogens is 334 g/mol. The Morgan fingerprint density at radius 1 is 1.19 bits per heavy atom. The lowest BCUT2D eigenvalue weighted by atomic mass is 9.81. The van der Waals surface area contributed by atoms with Gasteiger partial charge in [-0.05, 0) is 48.7 Å². The number of carbonyl (C=O) groups is 1. The number of hydrogen-bond acceptors (Lipinski definition) is 3. The lowest BCUT2D eigenvalue weighted by Crippen LogP contribution is -2.24. The van der Waals surface area contributed by atoms with Crippen molar-refractivity contribution in [2.75, 3.05) is 0 Å². The molecule has 2 aromatic carbocycles. The maximum atomic E-state index is 13.0. The Morgan fingerprint density at radius 3 is 2.56 bits per heavy atom. The maximum Gasteiger partial charge on any atom is 0.168 e. The van der Waals surface area contributed by atoms with Crippen molar-refractivity contribution in [3.8, 4) is 6.07 Å². The number of rotatable bonds is 4. The number of hydrogen-bond donors (Lipinski definition) is 0. The molecule has 0 amide bonds. The summed E-state index contributed by atoms with van der Waals surface area (Å²) in [6, 6.07) is 15.6. The molecule has 0 unspecified atom stereocenters. The van der Waals surface area contributed by atoms with Gasteiger partial charge in [-0.2, -0.15) is 5.26 Å². The highest BCUT2D eigenvalue weighted by atomic mass is 16.1. The van der Waals surface area contributed by atoms with Crippen LogP contribution < -0.4 is 0 Å². The Morgan fingerprint density at radius 2 is 1.89 bits per heavy atom. The van der Waals surface area contributed by atoms with Crippen LogP contribution in [0, 0.1) is 16.7 Å². The Balaban J connectivity index is 1.65. The monoisotopic (exact) mass is 357 g/mol. The van der Waals surface area contributed by atoms with Crippen LogP contribution in [-0.2, 0) is 13.5 Å². The predicted molar refractivity (Wildman–Crippen MR) is 106 cm³/mol. The summed E-state index contributed by atoms with van der Waals surface area (Å²) in [6.07, 6.45) is 4.94. The van der Waals surface area contributed by atoms with Crippen LogP contribution >= 0.6 is 0 Å². The Labute approximate surface area is 159 Å². The number of ketones is 1. The zero-order valence-electron chi connectivity index (χ0n) is 15.8. The second kappa shape index (κ2) is 6.66. The normalized spacial score (nSPS) is 15.7. The minimum absolute atomic E-state index is 0.215. The molecule has 0 radical (unpaired) electrons. The quantitative estimate of drug-likeness (QED) is 0.630. The van der Waals surface area contributed by atoms with Crippen molar-refractivity contribution in [2.24, 2.45) is 12.5 Å². The van der Waals surface area contributed by atoms with Crippen LogP contribution in [-0.4, -0.2) is 15.3 Å². The van der Waals surface area contributed by atoms with Gasteiger partial charge in [-0.15, -0.1) is 0 Å². The number of imidazole rings is 1. The molecule has 0 N–H and O–H groups in total.